The Labute approximate surface area is 119 Å². The second-order valence-electron chi connectivity index (χ2n) is 5.03. The van der Waals surface area contributed by atoms with Gasteiger partial charge >= 0.3 is 0 Å². The van der Waals surface area contributed by atoms with Gasteiger partial charge in [0.25, 0.3) is 5.91 Å². The number of anilines is 2. The molecule has 0 unspecified atom stereocenters. The highest BCUT2D eigenvalue weighted by molar-refractivity contribution is 6.05. The molecule has 0 fully saturated rings. The molecule has 0 bridgehead atoms. The Bertz CT molecular complexity index is 498. The number of rotatable bonds is 5. The smallest absolute Gasteiger partial charge is 0.271 e. The molecule has 0 aromatic heterocycles. The van der Waals surface area contributed by atoms with E-state index in [1.165, 1.54) is 0 Å². The van der Waals surface area contributed by atoms with E-state index in [0.29, 0.717) is 42.9 Å². The standard InChI is InChI=1S/C15H22N2O3/c1-3-15(4-2)14(19)17(9-6-10-18)13-11(16)7-5-8-12(13)20-15/h5,7-8,18H,3-4,6,9-10,16H2,1-2H3. The van der Waals surface area contributed by atoms with Crippen molar-refractivity contribution in [1.82, 2.24) is 0 Å². The van der Waals surface area contributed by atoms with E-state index in [9.17, 15) is 4.79 Å². The fourth-order valence-electron chi connectivity index (χ4n) is 2.65. The molecule has 1 amide bonds. The molecule has 5 nitrogen and oxygen atoms in total. The number of hydrogen-bond acceptors (Lipinski definition) is 4. The fraction of sp³-hybridized carbons (Fsp3) is 0.533. The summed E-state index contributed by atoms with van der Waals surface area (Å²) in [6, 6.07) is 5.42. The largest absolute Gasteiger partial charge is 0.475 e. The molecule has 0 atom stereocenters. The van der Waals surface area contributed by atoms with Crippen LogP contribution in [0.1, 0.15) is 33.1 Å². The summed E-state index contributed by atoms with van der Waals surface area (Å²) in [7, 11) is 0. The van der Waals surface area contributed by atoms with E-state index in [1.807, 2.05) is 26.0 Å². The Morgan fingerprint density at radius 1 is 1.35 bits per heavy atom. The van der Waals surface area contributed by atoms with Crippen LogP contribution in [0.25, 0.3) is 0 Å². The second kappa shape index (κ2) is 5.71. The van der Waals surface area contributed by atoms with Crippen LogP contribution in [0.15, 0.2) is 18.2 Å². The van der Waals surface area contributed by atoms with Crippen molar-refractivity contribution in [2.45, 2.75) is 38.7 Å². The van der Waals surface area contributed by atoms with Gasteiger partial charge in [0.2, 0.25) is 0 Å². The number of fused-ring (bicyclic) bond motifs is 1. The van der Waals surface area contributed by atoms with Crippen LogP contribution in [-0.2, 0) is 4.79 Å². The minimum Gasteiger partial charge on any atom is -0.475 e. The summed E-state index contributed by atoms with van der Waals surface area (Å²) in [4.78, 5) is 14.5. The topological polar surface area (TPSA) is 75.8 Å². The van der Waals surface area contributed by atoms with Gasteiger partial charge in [0.15, 0.2) is 5.60 Å². The number of nitrogens with zero attached hydrogens (tertiary/aromatic N) is 1. The number of ether oxygens (including phenoxy) is 1. The van der Waals surface area contributed by atoms with Gasteiger partial charge in [0.05, 0.1) is 5.69 Å². The van der Waals surface area contributed by atoms with Gasteiger partial charge in [-0.1, -0.05) is 19.9 Å². The van der Waals surface area contributed by atoms with Crippen LogP contribution >= 0.6 is 0 Å². The van der Waals surface area contributed by atoms with Gasteiger partial charge in [-0.05, 0) is 31.4 Å². The predicted molar refractivity (Wildman–Crippen MR) is 78.9 cm³/mol. The molecule has 0 saturated heterocycles. The van der Waals surface area contributed by atoms with Crippen molar-refractivity contribution in [3.05, 3.63) is 18.2 Å². The predicted octanol–water partition coefficient (Wildman–Crippen LogP) is 1.94. The van der Waals surface area contributed by atoms with Crippen molar-refractivity contribution < 1.29 is 14.6 Å². The molecule has 110 valence electrons. The van der Waals surface area contributed by atoms with E-state index in [0.717, 1.165) is 0 Å². The van der Waals surface area contributed by atoms with Crippen LogP contribution in [0.2, 0.25) is 0 Å². The van der Waals surface area contributed by atoms with Gasteiger partial charge in [0.1, 0.15) is 11.4 Å². The van der Waals surface area contributed by atoms with Crippen LogP contribution in [0.4, 0.5) is 11.4 Å². The molecule has 0 aliphatic carbocycles. The SMILES string of the molecule is CCC1(CC)Oc2cccc(N)c2N(CCCO)C1=O. The molecular formula is C15H22N2O3. The Morgan fingerprint density at radius 2 is 2.05 bits per heavy atom. The lowest BCUT2D eigenvalue weighted by Gasteiger charge is -2.42. The molecule has 5 heteroatoms. The highest BCUT2D eigenvalue weighted by Crippen LogP contribution is 2.43. The molecule has 1 aromatic rings. The number of aliphatic hydroxyl groups is 1. The first-order valence-electron chi connectivity index (χ1n) is 7.10. The quantitative estimate of drug-likeness (QED) is 0.807. The first-order chi connectivity index (χ1) is 9.59. The molecule has 1 aliphatic rings. The second-order valence-corrected chi connectivity index (χ2v) is 5.03. The monoisotopic (exact) mass is 278 g/mol. The Kier molecular flexibility index (Phi) is 4.18. The van der Waals surface area contributed by atoms with Crippen LogP contribution < -0.4 is 15.4 Å². The van der Waals surface area contributed by atoms with Crippen molar-refractivity contribution in [2.24, 2.45) is 0 Å². The third kappa shape index (κ3) is 2.22. The zero-order valence-corrected chi connectivity index (χ0v) is 12.1. The number of carbonyl (C=O) groups is 1. The molecule has 1 aromatic carbocycles. The molecular weight excluding hydrogens is 256 g/mol. The number of aliphatic hydroxyl groups excluding tert-OH is 1. The van der Waals surface area contributed by atoms with Crippen LogP contribution in [-0.4, -0.2) is 29.8 Å². The van der Waals surface area contributed by atoms with Crippen molar-refractivity contribution in [1.29, 1.82) is 0 Å². The number of para-hydroxylation sites is 1. The summed E-state index contributed by atoms with van der Waals surface area (Å²) in [5.41, 5.74) is 6.33. The summed E-state index contributed by atoms with van der Waals surface area (Å²) in [5, 5.41) is 9.04. The molecule has 2 rings (SSSR count). The third-order valence-corrected chi connectivity index (χ3v) is 3.92. The lowest BCUT2D eigenvalue weighted by atomic mass is 9.92. The van der Waals surface area contributed by atoms with Gasteiger partial charge in [-0.15, -0.1) is 0 Å². The summed E-state index contributed by atoms with van der Waals surface area (Å²) in [6.45, 7) is 4.38. The molecule has 0 spiro atoms. The van der Waals surface area contributed by atoms with E-state index in [1.54, 1.807) is 11.0 Å². The minimum absolute atomic E-state index is 0.0396. The average Bonchev–Trinajstić information content (AvgIpc) is 2.46. The van der Waals surface area contributed by atoms with Crippen LogP contribution in [0.5, 0.6) is 5.75 Å². The van der Waals surface area contributed by atoms with Gasteiger partial charge < -0.3 is 20.5 Å². The third-order valence-electron chi connectivity index (χ3n) is 3.92. The summed E-state index contributed by atoms with van der Waals surface area (Å²) < 4.78 is 5.99. The van der Waals surface area contributed by atoms with E-state index < -0.39 is 5.60 Å². The van der Waals surface area contributed by atoms with Gasteiger partial charge in [-0.25, -0.2) is 0 Å². The molecule has 1 heterocycles. The van der Waals surface area contributed by atoms with Crippen molar-refractivity contribution in [2.75, 3.05) is 23.8 Å². The maximum Gasteiger partial charge on any atom is 0.271 e. The van der Waals surface area contributed by atoms with Crippen molar-refractivity contribution >= 4 is 17.3 Å². The van der Waals surface area contributed by atoms with Gasteiger partial charge in [0, 0.05) is 13.2 Å². The molecule has 0 radical (unpaired) electrons. The molecule has 0 saturated carbocycles. The zero-order chi connectivity index (χ0) is 14.8. The number of amides is 1. The summed E-state index contributed by atoms with van der Waals surface area (Å²) in [6.07, 6.45) is 1.72. The molecule has 1 aliphatic heterocycles. The van der Waals surface area contributed by atoms with Gasteiger partial charge in [-0.2, -0.15) is 0 Å². The average molecular weight is 278 g/mol. The number of hydrogen-bond donors (Lipinski definition) is 2. The molecule has 20 heavy (non-hydrogen) atoms. The Morgan fingerprint density at radius 3 is 2.65 bits per heavy atom. The maximum absolute atomic E-state index is 12.8. The van der Waals surface area contributed by atoms with Crippen LogP contribution in [0, 0.1) is 0 Å². The number of carbonyl (C=O) groups excluding carboxylic acids is 1. The first-order valence-corrected chi connectivity index (χ1v) is 7.10. The highest BCUT2D eigenvalue weighted by Gasteiger charge is 2.46. The van der Waals surface area contributed by atoms with Crippen molar-refractivity contribution in [3.8, 4) is 5.75 Å². The Balaban J connectivity index is 2.50. The summed E-state index contributed by atoms with van der Waals surface area (Å²) in [5.74, 6) is 0.576. The van der Waals surface area contributed by atoms with E-state index in [2.05, 4.69) is 0 Å². The van der Waals surface area contributed by atoms with E-state index >= 15 is 0 Å². The molecule has 3 N–H and O–H groups in total. The zero-order valence-electron chi connectivity index (χ0n) is 12.1. The van der Waals surface area contributed by atoms with E-state index in [4.69, 9.17) is 15.6 Å². The summed E-state index contributed by atoms with van der Waals surface area (Å²) >= 11 is 0. The fourth-order valence-corrected chi connectivity index (χ4v) is 2.65. The lowest BCUT2D eigenvalue weighted by Crippen LogP contribution is -2.56. The Hall–Kier alpha value is -1.75. The minimum atomic E-state index is -0.823. The normalized spacial score (nSPS) is 16.8. The lowest BCUT2D eigenvalue weighted by molar-refractivity contribution is -0.136. The van der Waals surface area contributed by atoms with Crippen molar-refractivity contribution in [3.63, 3.8) is 0 Å². The first kappa shape index (κ1) is 14.7. The number of benzene rings is 1. The number of nitrogens with two attached hydrogens (primary N) is 1. The maximum atomic E-state index is 12.8. The highest BCUT2D eigenvalue weighted by atomic mass is 16.5. The number of nitrogen functional groups attached to an aromatic ring is 1. The van der Waals surface area contributed by atoms with Crippen LogP contribution in [0.3, 0.4) is 0 Å². The van der Waals surface area contributed by atoms with Gasteiger partial charge in [-0.3, -0.25) is 4.79 Å². The van der Waals surface area contributed by atoms with E-state index in [-0.39, 0.29) is 12.5 Å².